The van der Waals surface area contributed by atoms with E-state index in [-0.39, 0.29) is 18.4 Å². The van der Waals surface area contributed by atoms with Gasteiger partial charge < -0.3 is 14.4 Å². The average Bonchev–Trinajstić information content (AvgIpc) is 3.15. The predicted molar refractivity (Wildman–Crippen MR) is 125 cm³/mol. The zero-order chi connectivity index (χ0) is 22.5. The highest BCUT2D eigenvalue weighted by molar-refractivity contribution is 9.10. The lowest BCUT2D eigenvalue weighted by molar-refractivity contribution is -0.130. The van der Waals surface area contributed by atoms with E-state index in [2.05, 4.69) is 33.4 Å². The number of amides is 2. The Morgan fingerprint density at radius 3 is 2.84 bits per heavy atom. The van der Waals surface area contributed by atoms with Crippen LogP contribution in [0.15, 0.2) is 27.8 Å². The Morgan fingerprint density at radius 1 is 1.35 bits per heavy atom. The number of ether oxygens (including phenoxy) is 2. The summed E-state index contributed by atoms with van der Waals surface area (Å²) < 4.78 is 11.6. The van der Waals surface area contributed by atoms with Crippen molar-refractivity contribution < 1.29 is 19.1 Å². The Bertz CT molecular complexity index is 1000. The molecule has 3 rings (SSSR count). The SMILES string of the molecule is COc1cc(/C=N/NC(=O)c2cc3c(s2)CCC(C)C3)cc(Br)c1OCC(=O)N(C)C. The molecule has 31 heavy (non-hydrogen) atoms. The smallest absolute Gasteiger partial charge is 0.281 e. The van der Waals surface area contributed by atoms with E-state index in [4.69, 9.17) is 9.47 Å². The molecule has 1 unspecified atom stereocenters. The Hall–Kier alpha value is -2.39. The maximum Gasteiger partial charge on any atom is 0.281 e. The number of hydrogen-bond acceptors (Lipinski definition) is 6. The highest BCUT2D eigenvalue weighted by atomic mass is 79.9. The quantitative estimate of drug-likeness (QED) is 0.455. The molecule has 2 aromatic rings. The molecule has 0 radical (unpaired) electrons. The van der Waals surface area contributed by atoms with E-state index >= 15 is 0 Å². The molecule has 1 aromatic heterocycles. The lowest BCUT2D eigenvalue weighted by atomic mass is 9.90. The standard InChI is InChI=1S/C22H26BrN3O4S/c1-13-5-6-18-15(7-13)10-19(31-18)22(28)25-24-11-14-8-16(23)21(17(9-14)29-4)30-12-20(27)26(2)3/h8-11,13H,5-7,12H2,1-4H3,(H,25,28)/b24-11+. The van der Waals surface area contributed by atoms with E-state index in [9.17, 15) is 9.59 Å². The molecule has 0 saturated carbocycles. The van der Waals surface area contributed by atoms with Crippen molar-refractivity contribution in [2.75, 3.05) is 27.8 Å². The van der Waals surface area contributed by atoms with Gasteiger partial charge in [-0.15, -0.1) is 11.3 Å². The Morgan fingerprint density at radius 2 is 2.13 bits per heavy atom. The predicted octanol–water partition coefficient (Wildman–Crippen LogP) is 3.87. The van der Waals surface area contributed by atoms with Gasteiger partial charge in [-0.1, -0.05) is 6.92 Å². The van der Waals surface area contributed by atoms with Gasteiger partial charge in [0.05, 0.1) is 22.7 Å². The lowest BCUT2D eigenvalue weighted by Gasteiger charge is -2.16. The monoisotopic (exact) mass is 507 g/mol. The van der Waals surface area contributed by atoms with Crippen molar-refractivity contribution in [3.8, 4) is 11.5 Å². The summed E-state index contributed by atoms with van der Waals surface area (Å²) >= 11 is 4.99. The van der Waals surface area contributed by atoms with Gasteiger partial charge in [0, 0.05) is 19.0 Å². The number of benzene rings is 1. The molecule has 7 nitrogen and oxygen atoms in total. The molecule has 2 amide bonds. The summed E-state index contributed by atoms with van der Waals surface area (Å²) in [6.45, 7) is 2.14. The van der Waals surface area contributed by atoms with E-state index in [1.54, 1.807) is 37.6 Å². The molecular weight excluding hydrogens is 482 g/mol. The van der Waals surface area contributed by atoms with Crippen LogP contribution in [-0.4, -0.2) is 50.7 Å². The van der Waals surface area contributed by atoms with Crippen LogP contribution in [-0.2, 0) is 17.6 Å². The third-order valence-corrected chi connectivity index (χ3v) is 6.85. The van der Waals surface area contributed by atoms with E-state index in [1.807, 2.05) is 6.07 Å². The van der Waals surface area contributed by atoms with Crippen molar-refractivity contribution in [2.24, 2.45) is 11.0 Å². The summed E-state index contributed by atoms with van der Waals surface area (Å²) in [7, 11) is 4.85. The van der Waals surface area contributed by atoms with Crippen LogP contribution >= 0.6 is 27.3 Å². The van der Waals surface area contributed by atoms with Crippen LogP contribution in [0.25, 0.3) is 0 Å². The van der Waals surface area contributed by atoms with Gasteiger partial charge in [-0.05, 0) is 70.4 Å². The summed E-state index contributed by atoms with van der Waals surface area (Å²) in [6.07, 6.45) is 4.78. The summed E-state index contributed by atoms with van der Waals surface area (Å²) in [6, 6.07) is 5.49. The minimum atomic E-state index is -0.212. The van der Waals surface area contributed by atoms with Gasteiger partial charge in [0.1, 0.15) is 0 Å². The molecule has 0 fully saturated rings. The fourth-order valence-electron chi connectivity index (χ4n) is 3.26. The van der Waals surface area contributed by atoms with Crippen molar-refractivity contribution in [2.45, 2.75) is 26.2 Å². The van der Waals surface area contributed by atoms with Crippen LogP contribution in [0.3, 0.4) is 0 Å². The summed E-state index contributed by atoms with van der Waals surface area (Å²) in [5.74, 6) is 1.17. The van der Waals surface area contributed by atoms with Crippen LogP contribution in [0.4, 0.5) is 0 Å². The van der Waals surface area contributed by atoms with E-state index in [1.165, 1.54) is 35.1 Å². The number of halogens is 1. The van der Waals surface area contributed by atoms with Crippen LogP contribution in [0, 0.1) is 5.92 Å². The van der Waals surface area contributed by atoms with Gasteiger partial charge in [-0.25, -0.2) is 5.43 Å². The Kier molecular flexibility index (Phi) is 7.72. The number of thiophene rings is 1. The van der Waals surface area contributed by atoms with E-state index in [0.717, 1.165) is 12.8 Å². The number of carbonyl (C=O) groups excluding carboxylic acids is 2. The van der Waals surface area contributed by atoms with Crippen molar-refractivity contribution in [3.63, 3.8) is 0 Å². The molecule has 166 valence electrons. The van der Waals surface area contributed by atoms with Gasteiger partial charge in [0.2, 0.25) is 0 Å². The number of aryl methyl sites for hydroxylation is 1. The molecule has 0 bridgehead atoms. The first kappa shape index (κ1) is 23.3. The highest BCUT2D eigenvalue weighted by Gasteiger charge is 2.20. The maximum absolute atomic E-state index is 12.5. The molecule has 1 aliphatic rings. The number of fused-ring (bicyclic) bond motifs is 1. The zero-order valence-corrected chi connectivity index (χ0v) is 20.4. The number of hydrogen-bond donors (Lipinski definition) is 1. The first-order valence-electron chi connectivity index (χ1n) is 9.94. The number of nitrogens with one attached hydrogen (secondary N) is 1. The fourth-order valence-corrected chi connectivity index (χ4v) is 4.93. The van der Waals surface area contributed by atoms with Gasteiger partial charge >= 0.3 is 0 Å². The Balaban J connectivity index is 1.66. The third-order valence-electron chi connectivity index (χ3n) is 5.02. The molecular formula is C22H26BrN3O4S. The number of carbonyl (C=O) groups is 2. The summed E-state index contributed by atoms with van der Waals surface area (Å²) in [4.78, 5) is 27.7. The van der Waals surface area contributed by atoms with Gasteiger partial charge in [-0.3, -0.25) is 9.59 Å². The normalized spacial score (nSPS) is 15.5. The number of methoxy groups -OCH3 is 1. The third kappa shape index (κ3) is 5.86. The van der Waals surface area contributed by atoms with Crippen molar-refractivity contribution in [1.29, 1.82) is 0 Å². The van der Waals surface area contributed by atoms with Crippen LogP contribution in [0.1, 0.15) is 39.0 Å². The highest BCUT2D eigenvalue weighted by Crippen LogP contribution is 2.36. The number of rotatable bonds is 7. The lowest BCUT2D eigenvalue weighted by Crippen LogP contribution is -2.27. The van der Waals surface area contributed by atoms with Crippen molar-refractivity contribution in [1.82, 2.24) is 10.3 Å². The first-order chi connectivity index (χ1) is 14.8. The van der Waals surface area contributed by atoms with Crippen molar-refractivity contribution in [3.05, 3.63) is 43.6 Å². The van der Waals surface area contributed by atoms with Gasteiger partial charge in [-0.2, -0.15) is 5.10 Å². The number of hydrazone groups is 1. The molecule has 0 spiro atoms. The molecule has 1 N–H and O–H groups in total. The second-order valence-corrected chi connectivity index (χ2v) is 9.71. The van der Waals surface area contributed by atoms with Crippen molar-refractivity contribution >= 4 is 45.3 Å². The molecule has 1 heterocycles. The van der Waals surface area contributed by atoms with Crippen LogP contribution in [0.2, 0.25) is 0 Å². The molecule has 9 heteroatoms. The Labute approximate surface area is 194 Å². The molecule has 1 aliphatic carbocycles. The van der Waals surface area contributed by atoms with E-state index < -0.39 is 0 Å². The summed E-state index contributed by atoms with van der Waals surface area (Å²) in [5.41, 5.74) is 4.59. The maximum atomic E-state index is 12.5. The minimum Gasteiger partial charge on any atom is -0.493 e. The van der Waals surface area contributed by atoms with Gasteiger partial charge in [0.25, 0.3) is 11.8 Å². The summed E-state index contributed by atoms with van der Waals surface area (Å²) in [5, 5.41) is 4.09. The molecule has 1 atom stereocenters. The van der Waals surface area contributed by atoms with Crippen LogP contribution in [0.5, 0.6) is 11.5 Å². The number of likely N-dealkylation sites (N-methyl/N-ethyl adjacent to an activating group) is 1. The second-order valence-electron chi connectivity index (χ2n) is 7.72. The van der Waals surface area contributed by atoms with E-state index in [0.29, 0.717) is 32.3 Å². The minimum absolute atomic E-state index is 0.102. The van der Waals surface area contributed by atoms with Crippen LogP contribution < -0.4 is 14.9 Å². The zero-order valence-electron chi connectivity index (χ0n) is 18.0. The average molecular weight is 508 g/mol. The number of nitrogens with zero attached hydrogens (tertiary/aromatic N) is 2. The molecule has 0 aliphatic heterocycles. The topological polar surface area (TPSA) is 80.2 Å². The van der Waals surface area contributed by atoms with Gasteiger partial charge in [0.15, 0.2) is 18.1 Å². The first-order valence-corrected chi connectivity index (χ1v) is 11.5. The fraction of sp³-hybridized carbons (Fsp3) is 0.409. The molecule has 0 saturated heterocycles. The molecule has 1 aromatic carbocycles. The largest absolute Gasteiger partial charge is 0.493 e. The second kappa shape index (κ2) is 10.3.